The molecule has 6 aliphatic rings. The van der Waals surface area contributed by atoms with Crippen LogP contribution in [0.1, 0.15) is 35.4 Å². The van der Waals surface area contributed by atoms with Crippen molar-refractivity contribution in [3.05, 3.63) is 65.2 Å². The Morgan fingerprint density at radius 2 is 1.97 bits per heavy atom. The molecule has 4 aliphatic carbocycles. The Hall–Kier alpha value is -2.50. The van der Waals surface area contributed by atoms with Crippen molar-refractivity contribution >= 4 is 5.69 Å². The van der Waals surface area contributed by atoms with Gasteiger partial charge in [-0.25, -0.2) is 0 Å². The third-order valence-corrected chi connectivity index (χ3v) is 9.65. The first-order valence-electron chi connectivity index (χ1n) is 11.7. The lowest BCUT2D eigenvalue weighted by Crippen LogP contribution is -2.78. The average molecular weight is 431 g/mol. The number of fused-ring (bicyclic) bond motifs is 1. The molecule has 2 N–H and O–H groups in total. The van der Waals surface area contributed by atoms with Gasteiger partial charge >= 0.3 is 0 Å². The number of nitrogens with zero attached hydrogens (tertiary/aromatic N) is 1. The Kier molecular flexibility index (Phi) is 3.50. The Morgan fingerprint density at radius 1 is 1.12 bits per heavy atom. The fourth-order valence-electron chi connectivity index (χ4n) is 8.39. The summed E-state index contributed by atoms with van der Waals surface area (Å²) in [5, 5.41) is 0. The van der Waals surface area contributed by atoms with E-state index in [1.165, 1.54) is 16.7 Å². The number of methoxy groups -OCH3 is 2. The first-order valence-corrected chi connectivity index (χ1v) is 11.7. The van der Waals surface area contributed by atoms with Crippen LogP contribution in [-0.4, -0.2) is 50.5 Å². The van der Waals surface area contributed by atoms with Gasteiger partial charge in [-0.15, -0.1) is 0 Å². The molecule has 2 fully saturated rings. The minimum Gasteiger partial charge on any atom is -0.493 e. The van der Waals surface area contributed by atoms with Crippen LogP contribution in [0, 0.1) is 5.41 Å². The van der Waals surface area contributed by atoms with E-state index in [0.29, 0.717) is 6.04 Å². The molecule has 1 saturated heterocycles. The molecule has 6 atom stereocenters. The summed E-state index contributed by atoms with van der Waals surface area (Å²) in [4.78, 5) is 2.58. The number of benzene rings is 2. The Balaban J connectivity index is 1.55. The quantitative estimate of drug-likeness (QED) is 0.595. The zero-order chi connectivity index (χ0) is 21.9. The van der Waals surface area contributed by atoms with Gasteiger partial charge in [0.1, 0.15) is 11.7 Å². The van der Waals surface area contributed by atoms with Crippen molar-refractivity contribution in [3.8, 4) is 11.5 Å². The van der Waals surface area contributed by atoms with Gasteiger partial charge < -0.3 is 24.8 Å². The van der Waals surface area contributed by atoms with Crippen molar-refractivity contribution in [3.63, 3.8) is 0 Å². The summed E-state index contributed by atoms with van der Waals surface area (Å²) in [6.45, 7) is 1.06. The molecule has 5 heteroatoms. The van der Waals surface area contributed by atoms with Crippen molar-refractivity contribution in [2.75, 3.05) is 33.5 Å². The molecule has 2 aromatic rings. The summed E-state index contributed by atoms with van der Waals surface area (Å²) in [5.41, 5.74) is 10.7. The third-order valence-electron chi connectivity index (χ3n) is 9.65. The average Bonchev–Trinajstić information content (AvgIpc) is 3.18. The van der Waals surface area contributed by atoms with Gasteiger partial charge in [-0.05, 0) is 56.1 Å². The number of hydrogen-bond acceptors (Lipinski definition) is 5. The topological polar surface area (TPSA) is 57.0 Å². The minimum absolute atomic E-state index is 0.0253. The number of piperidine rings is 1. The molecule has 0 unspecified atom stereocenters. The standard InChI is InChI=1S/C27H30N2O3/c1-29-13-12-26-22-16-8-9-20(30-2)23(22)32-24(26)27(31-3)11-10-25(26,21(29)14-16)15-18(27)17-6-4-5-7-19(17)28/h4-11,18,21,24H,12-15,28H2,1-3H3/t18-,21-,24-,25-,26+,27-/m1/s1. The molecular weight excluding hydrogens is 400 g/mol. The maximum atomic E-state index is 6.99. The van der Waals surface area contributed by atoms with Crippen LogP contribution in [-0.2, 0) is 16.6 Å². The predicted molar refractivity (Wildman–Crippen MR) is 123 cm³/mol. The summed E-state index contributed by atoms with van der Waals surface area (Å²) in [6, 6.07) is 13.1. The summed E-state index contributed by atoms with van der Waals surface area (Å²) in [5.74, 6) is 1.91. The van der Waals surface area contributed by atoms with Gasteiger partial charge in [-0.2, -0.15) is 0 Å². The maximum absolute atomic E-state index is 6.99. The highest BCUT2D eigenvalue weighted by atomic mass is 16.6. The number of anilines is 1. The van der Waals surface area contributed by atoms with Crippen LogP contribution < -0.4 is 15.2 Å². The fourth-order valence-corrected chi connectivity index (χ4v) is 8.39. The number of nitrogens with two attached hydrogens (primary N) is 1. The van der Waals surface area contributed by atoms with Gasteiger partial charge in [0.2, 0.25) is 0 Å². The van der Waals surface area contributed by atoms with E-state index in [9.17, 15) is 0 Å². The Bertz CT molecular complexity index is 1180. The summed E-state index contributed by atoms with van der Waals surface area (Å²) >= 11 is 0. The van der Waals surface area contributed by atoms with E-state index in [1.807, 2.05) is 19.2 Å². The zero-order valence-corrected chi connectivity index (χ0v) is 18.9. The lowest BCUT2D eigenvalue weighted by Gasteiger charge is -2.71. The van der Waals surface area contributed by atoms with E-state index in [-0.39, 0.29) is 22.9 Å². The number of hydrogen-bond donors (Lipinski definition) is 1. The molecule has 2 aliphatic heterocycles. The van der Waals surface area contributed by atoms with Crippen molar-refractivity contribution in [2.45, 2.75) is 48.3 Å². The lowest BCUT2D eigenvalue weighted by atomic mass is 9.36. The molecule has 5 nitrogen and oxygen atoms in total. The predicted octanol–water partition coefficient (Wildman–Crippen LogP) is 3.67. The van der Waals surface area contributed by atoms with Crippen LogP contribution in [0.3, 0.4) is 0 Å². The van der Waals surface area contributed by atoms with Gasteiger partial charge in [0, 0.05) is 35.7 Å². The molecule has 4 bridgehead atoms. The number of likely N-dealkylation sites (tertiary alicyclic amines) is 1. The monoisotopic (exact) mass is 430 g/mol. The third kappa shape index (κ3) is 1.80. The highest BCUT2D eigenvalue weighted by Crippen LogP contribution is 2.75. The Labute approximate surface area is 189 Å². The summed E-state index contributed by atoms with van der Waals surface area (Å²) < 4.78 is 19.3. The molecule has 2 aromatic carbocycles. The van der Waals surface area contributed by atoms with E-state index >= 15 is 0 Å². The molecule has 2 spiro atoms. The van der Waals surface area contributed by atoms with Gasteiger partial charge in [0.25, 0.3) is 0 Å². The molecule has 2 heterocycles. The van der Waals surface area contributed by atoms with Gasteiger partial charge in [0.05, 0.1) is 12.5 Å². The molecule has 0 amide bonds. The van der Waals surface area contributed by atoms with Crippen LogP contribution >= 0.6 is 0 Å². The van der Waals surface area contributed by atoms with Crippen LogP contribution in [0.15, 0.2) is 48.6 Å². The van der Waals surface area contributed by atoms with Crippen molar-refractivity contribution in [2.24, 2.45) is 5.41 Å². The van der Waals surface area contributed by atoms with Gasteiger partial charge in [0.15, 0.2) is 11.5 Å². The SMILES string of the molecule is COc1ccc2c3c1O[C@H]1[C@@]4(OC)C=C[C@@]5(C[C@@H]4c4ccccc4N)[C@@H](C2)N(C)CC[C@]315. The first kappa shape index (κ1) is 19.0. The second kappa shape index (κ2) is 5.89. The van der Waals surface area contributed by atoms with Gasteiger partial charge in [-0.1, -0.05) is 36.4 Å². The van der Waals surface area contributed by atoms with Crippen molar-refractivity contribution in [1.82, 2.24) is 4.90 Å². The van der Waals surface area contributed by atoms with E-state index in [4.69, 9.17) is 19.9 Å². The number of likely N-dealkylation sites (N-methyl/N-ethyl adjacent to an activating group) is 1. The Morgan fingerprint density at radius 3 is 2.75 bits per heavy atom. The fraction of sp³-hybridized carbons (Fsp3) is 0.481. The van der Waals surface area contributed by atoms with Gasteiger partial charge in [-0.3, -0.25) is 0 Å². The second-order valence-electron chi connectivity index (χ2n) is 10.4. The van der Waals surface area contributed by atoms with Crippen LogP contribution in [0.5, 0.6) is 11.5 Å². The first-order chi connectivity index (χ1) is 15.5. The van der Waals surface area contributed by atoms with Crippen LogP contribution in [0.4, 0.5) is 5.69 Å². The van der Waals surface area contributed by atoms with Crippen LogP contribution in [0.2, 0.25) is 0 Å². The molecule has 32 heavy (non-hydrogen) atoms. The van der Waals surface area contributed by atoms with E-state index in [2.05, 4.69) is 48.4 Å². The largest absolute Gasteiger partial charge is 0.493 e. The van der Waals surface area contributed by atoms with Crippen LogP contribution in [0.25, 0.3) is 0 Å². The summed E-state index contributed by atoms with van der Waals surface area (Å²) in [7, 11) is 5.87. The lowest BCUT2D eigenvalue weighted by molar-refractivity contribution is -0.197. The van der Waals surface area contributed by atoms with Crippen molar-refractivity contribution < 1.29 is 14.2 Å². The highest BCUT2D eigenvalue weighted by Gasteiger charge is 2.79. The normalized spacial score (nSPS) is 40.2. The number of nitrogen functional groups attached to an aromatic ring is 1. The highest BCUT2D eigenvalue weighted by molar-refractivity contribution is 5.66. The van der Waals surface area contributed by atoms with E-state index < -0.39 is 5.60 Å². The molecule has 8 rings (SSSR count). The molecule has 0 aromatic heterocycles. The second-order valence-corrected chi connectivity index (χ2v) is 10.4. The zero-order valence-electron chi connectivity index (χ0n) is 18.9. The molecule has 1 saturated carbocycles. The summed E-state index contributed by atoms with van der Waals surface area (Å²) in [6.07, 6.45) is 7.82. The van der Waals surface area contributed by atoms with E-state index in [0.717, 1.165) is 43.0 Å². The molecule has 0 radical (unpaired) electrons. The van der Waals surface area contributed by atoms with E-state index in [1.54, 1.807) is 7.11 Å². The smallest absolute Gasteiger partial charge is 0.166 e. The minimum atomic E-state index is -0.573. The number of ether oxygens (including phenoxy) is 3. The molecular formula is C27H30N2O3. The number of rotatable bonds is 3. The molecule has 166 valence electrons. The maximum Gasteiger partial charge on any atom is 0.166 e. The number of para-hydroxylation sites is 1. The van der Waals surface area contributed by atoms with Crippen molar-refractivity contribution in [1.29, 1.82) is 0 Å².